The Morgan fingerprint density at radius 2 is 1.89 bits per heavy atom. The molecule has 2 aliphatic heterocycles. The molecule has 0 radical (unpaired) electrons. The lowest BCUT2D eigenvalue weighted by atomic mass is 9.78. The number of pyridine rings is 2. The van der Waals surface area contributed by atoms with Gasteiger partial charge >= 0.3 is 5.97 Å². The lowest BCUT2D eigenvalue weighted by Gasteiger charge is -2.36. The van der Waals surface area contributed by atoms with Gasteiger partial charge in [-0.1, -0.05) is 12.1 Å². The van der Waals surface area contributed by atoms with Crippen LogP contribution in [-0.4, -0.2) is 51.5 Å². The molecular weight excluding hydrogens is 452 g/mol. The highest BCUT2D eigenvalue weighted by Crippen LogP contribution is 2.31. The molecule has 3 aliphatic rings. The molecule has 0 spiro atoms. The van der Waals surface area contributed by atoms with Gasteiger partial charge in [-0.25, -0.2) is 4.98 Å². The smallest absolute Gasteiger partial charge is 0.303 e. The van der Waals surface area contributed by atoms with Crippen molar-refractivity contribution in [3.8, 4) is 0 Å². The Kier molecular flexibility index (Phi) is 7.83. The molecule has 2 N–H and O–H groups in total. The van der Waals surface area contributed by atoms with Crippen LogP contribution in [0.5, 0.6) is 0 Å². The number of carboxylic acid groups (broad SMARTS) is 1. The van der Waals surface area contributed by atoms with Gasteiger partial charge in [-0.2, -0.15) is 0 Å². The first-order valence-electron chi connectivity index (χ1n) is 13.7. The number of aryl methyl sites for hydroxylation is 4. The van der Waals surface area contributed by atoms with Gasteiger partial charge in [0.15, 0.2) is 0 Å². The SMILES string of the molecule is O=C(O)CC(Cc1cnc2c(c1)CCCC2)C1CCN(C(=O)CCc2ccc3c(n2)NCCC3)CC1. The number of amides is 1. The van der Waals surface area contributed by atoms with E-state index in [1.807, 2.05) is 11.1 Å². The Labute approximate surface area is 213 Å². The van der Waals surface area contributed by atoms with Gasteiger partial charge in [0.05, 0.1) is 0 Å². The zero-order valence-corrected chi connectivity index (χ0v) is 21.2. The van der Waals surface area contributed by atoms with Gasteiger partial charge in [0.2, 0.25) is 5.91 Å². The number of carbonyl (C=O) groups excluding carboxylic acids is 1. The molecule has 7 heteroatoms. The maximum atomic E-state index is 12.9. The molecule has 1 unspecified atom stereocenters. The predicted octanol–water partition coefficient (Wildman–Crippen LogP) is 4.22. The number of rotatable bonds is 8. The number of fused-ring (bicyclic) bond motifs is 2. The van der Waals surface area contributed by atoms with E-state index >= 15 is 0 Å². The molecule has 5 rings (SSSR count). The molecule has 1 amide bonds. The number of carboxylic acids is 1. The van der Waals surface area contributed by atoms with Crippen LogP contribution in [0.15, 0.2) is 24.4 Å². The number of piperidine rings is 1. The van der Waals surface area contributed by atoms with Crippen LogP contribution >= 0.6 is 0 Å². The molecule has 0 saturated carbocycles. The monoisotopic (exact) mass is 490 g/mol. The maximum absolute atomic E-state index is 12.9. The van der Waals surface area contributed by atoms with E-state index in [4.69, 9.17) is 9.97 Å². The van der Waals surface area contributed by atoms with E-state index in [0.29, 0.717) is 31.8 Å². The van der Waals surface area contributed by atoms with E-state index in [-0.39, 0.29) is 18.2 Å². The fourth-order valence-corrected chi connectivity index (χ4v) is 6.20. The molecular formula is C29H38N4O3. The molecule has 2 aromatic rings. The number of nitrogens with zero attached hydrogens (tertiary/aromatic N) is 3. The van der Waals surface area contributed by atoms with Crippen molar-refractivity contribution in [2.24, 2.45) is 11.8 Å². The van der Waals surface area contributed by atoms with Crippen LogP contribution < -0.4 is 5.32 Å². The maximum Gasteiger partial charge on any atom is 0.303 e. The van der Waals surface area contributed by atoms with Crippen molar-refractivity contribution in [2.75, 3.05) is 25.0 Å². The molecule has 7 nitrogen and oxygen atoms in total. The molecule has 1 atom stereocenters. The lowest BCUT2D eigenvalue weighted by Crippen LogP contribution is -2.40. The molecule has 1 aliphatic carbocycles. The normalized spacial score (nSPS) is 18.6. The Hall–Kier alpha value is -2.96. The van der Waals surface area contributed by atoms with Crippen molar-refractivity contribution >= 4 is 17.7 Å². The van der Waals surface area contributed by atoms with Crippen LogP contribution in [-0.2, 0) is 41.7 Å². The van der Waals surface area contributed by atoms with E-state index < -0.39 is 5.97 Å². The summed E-state index contributed by atoms with van der Waals surface area (Å²) in [4.78, 5) is 36.0. The third-order valence-electron chi connectivity index (χ3n) is 8.27. The molecule has 0 bridgehead atoms. The van der Waals surface area contributed by atoms with Crippen molar-refractivity contribution < 1.29 is 14.7 Å². The minimum atomic E-state index is -0.739. The van der Waals surface area contributed by atoms with E-state index in [9.17, 15) is 14.7 Å². The quantitative estimate of drug-likeness (QED) is 0.575. The third kappa shape index (κ3) is 6.05. The summed E-state index contributed by atoms with van der Waals surface area (Å²) in [6, 6.07) is 6.46. The van der Waals surface area contributed by atoms with Crippen molar-refractivity contribution in [1.29, 1.82) is 0 Å². The van der Waals surface area contributed by atoms with E-state index in [1.165, 1.54) is 29.7 Å². The highest BCUT2D eigenvalue weighted by atomic mass is 16.4. The second-order valence-electron chi connectivity index (χ2n) is 10.8. The molecule has 2 aromatic heterocycles. The first-order valence-corrected chi connectivity index (χ1v) is 13.7. The minimum absolute atomic E-state index is 0.0791. The summed E-state index contributed by atoms with van der Waals surface area (Å²) in [7, 11) is 0. The highest BCUT2D eigenvalue weighted by molar-refractivity contribution is 5.76. The number of aliphatic carboxylic acids is 1. The van der Waals surface area contributed by atoms with Gasteiger partial charge in [-0.05, 0) is 98.8 Å². The molecule has 36 heavy (non-hydrogen) atoms. The van der Waals surface area contributed by atoms with Crippen LogP contribution in [0.2, 0.25) is 0 Å². The van der Waals surface area contributed by atoms with Crippen LogP contribution in [0.25, 0.3) is 0 Å². The van der Waals surface area contributed by atoms with Gasteiger partial charge < -0.3 is 15.3 Å². The third-order valence-corrected chi connectivity index (χ3v) is 8.27. The topological polar surface area (TPSA) is 95.4 Å². The Morgan fingerprint density at radius 1 is 1.08 bits per heavy atom. The largest absolute Gasteiger partial charge is 0.481 e. The highest BCUT2D eigenvalue weighted by Gasteiger charge is 2.30. The van der Waals surface area contributed by atoms with Crippen molar-refractivity contribution in [3.63, 3.8) is 0 Å². The molecule has 0 aromatic carbocycles. The van der Waals surface area contributed by atoms with Crippen molar-refractivity contribution in [3.05, 3.63) is 52.5 Å². The summed E-state index contributed by atoms with van der Waals surface area (Å²) in [6.45, 7) is 2.38. The number of carbonyl (C=O) groups is 2. The number of nitrogens with one attached hydrogen (secondary N) is 1. The molecule has 192 valence electrons. The number of hydrogen-bond donors (Lipinski definition) is 2. The standard InChI is InChI=1S/C29H38N4O3/c34-27(10-9-25-8-7-22-5-3-13-30-29(22)32-25)33-14-11-21(12-15-33)24(18-28(35)36)17-20-16-23-4-1-2-6-26(23)31-19-20/h7-8,16,19,21,24H,1-6,9-15,17-18H2,(H,30,32)(H,35,36). The molecule has 1 fully saturated rings. The number of anilines is 1. The predicted molar refractivity (Wildman–Crippen MR) is 139 cm³/mol. The van der Waals surface area contributed by atoms with Crippen LogP contribution in [0.1, 0.15) is 73.0 Å². The second-order valence-corrected chi connectivity index (χ2v) is 10.8. The minimum Gasteiger partial charge on any atom is -0.481 e. The average molecular weight is 491 g/mol. The van der Waals surface area contributed by atoms with Gasteiger partial charge in [0.25, 0.3) is 0 Å². The number of hydrogen-bond acceptors (Lipinski definition) is 5. The Bertz CT molecular complexity index is 1090. The zero-order valence-electron chi connectivity index (χ0n) is 21.2. The molecule has 4 heterocycles. The fraction of sp³-hybridized carbons (Fsp3) is 0.586. The number of likely N-dealkylation sites (tertiary alicyclic amines) is 1. The van der Waals surface area contributed by atoms with Gasteiger partial charge in [-0.15, -0.1) is 0 Å². The number of aromatic nitrogens is 2. The molecule has 1 saturated heterocycles. The first-order chi connectivity index (χ1) is 17.5. The zero-order chi connectivity index (χ0) is 24.9. The Morgan fingerprint density at radius 3 is 2.72 bits per heavy atom. The van der Waals surface area contributed by atoms with Crippen LogP contribution in [0.3, 0.4) is 0 Å². The lowest BCUT2D eigenvalue weighted by molar-refractivity contribution is -0.139. The van der Waals surface area contributed by atoms with E-state index in [2.05, 4.69) is 23.5 Å². The summed E-state index contributed by atoms with van der Waals surface area (Å²) in [5, 5.41) is 12.9. The average Bonchev–Trinajstić information content (AvgIpc) is 2.91. The Balaban J connectivity index is 1.14. The van der Waals surface area contributed by atoms with Crippen molar-refractivity contribution in [1.82, 2.24) is 14.9 Å². The van der Waals surface area contributed by atoms with Crippen LogP contribution in [0, 0.1) is 11.8 Å². The van der Waals surface area contributed by atoms with Crippen LogP contribution in [0.4, 0.5) is 5.82 Å². The fourth-order valence-electron chi connectivity index (χ4n) is 6.20. The summed E-state index contributed by atoms with van der Waals surface area (Å²) >= 11 is 0. The van der Waals surface area contributed by atoms with E-state index in [0.717, 1.165) is 68.6 Å². The first kappa shape index (κ1) is 24.7. The van der Waals surface area contributed by atoms with Gasteiger partial charge in [-0.3, -0.25) is 14.6 Å². The van der Waals surface area contributed by atoms with Crippen molar-refractivity contribution in [2.45, 2.75) is 77.0 Å². The summed E-state index contributed by atoms with van der Waals surface area (Å²) in [5.41, 5.74) is 5.95. The van der Waals surface area contributed by atoms with Gasteiger partial charge in [0.1, 0.15) is 5.82 Å². The summed E-state index contributed by atoms with van der Waals surface area (Å²) < 4.78 is 0. The van der Waals surface area contributed by atoms with E-state index in [1.54, 1.807) is 0 Å². The second kappa shape index (κ2) is 11.4. The summed E-state index contributed by atoms with van der Waals surface area (Å²) in [5.74, 6) is 0.807. The summed E-state index contributed by atoms with van der Waals surface area (Å²) in [6.07, 6.45) is 12.5. The van der Waals surface area contributed by atoms with Gasteiger partial charge in [0, 0.05) is 50.1 Å².